The van der Waals surface area contributed by atoms with Gasteiger partial charge < -0.3 is 4.74 Å². The molecule has 2 aromatic carbocycles. The van der Waals surface area contributed by atoms with Gasteiger partial charge >= 0.3 is 0 Å². The predicted octanol–water partition coefficient (Wildman–Crippen LogP) is 4.57. The van der Waals surface area contributed by atoms with Gasteiger partial charge in [0.05, 0.1) is 12.1 Å². The number of rotatable bonds is 4. The van der Waals surface area contributed by atoms with Crippen molar-refractivity contribution in [1.29, 1.82) is 0 Å². The summed E-state index contributed by atoms with van der Waals surface area (Å²) in [5.74, 6) is -0.118. The second kappa shape index (κ2) is 6.25. The number of carbonyl (C=O) groups excluding carboxylic acids is 1. The largest absolute Gasteiger partial charge is 0.495 e. The minimum absolute atomic E-state index is 0.128. The first-order valence-corrected chi connectivity index (χ1v) is 6.58. The van der Waals surface area contributed by atoms with Gasteiger partial charge in [-0.1, -0.05) is 35.3 Å². The summed E-state index contributed by atoms with van der Waals surface area (Å²) in [6, 6.07) is 8.90. The smallest absolute Gasteiger partial charge is 0.168 e. The van der Waals surface area contributed by atoms with E-state index in [1.54, 1.807) is 24.3 Å². The van der Waals surface area contributed by atoms with E-state index in [9.17, 15) is 9.18 Å². The topological polar surface area (TPSA) is 26.3 Å². The van der Waals surface area contributed by atoms with Crippen molar-refractivity contribution in [1.82, 2.24) is 0 Å². The molecule has 5 heteroatoms. The van der Waals surface area contributed by atoms with Crippen molar-refractivity contribution in [2.75, 3.05) is 7.11 Å². The van der Waals surface area contributed by atoms with Gasteiger partial charge in [-0.2, -0.15) is 0 Å². The van der Waals surface area contributed by atoms with Crippen molar-refractivity contribution >= 4 is 29.0 Å². The van der Waals surface area contributed by atoms with Crippen LogP contribution in [-0.2, 0) is 6.42 Å². The number of Topliss-reactive ketones (excluding diaryl/α,β-unsaturated/α-hetero) is 1. The van der Waals surface area contributed by atoms with Crippen molar-refractivity contribution < 1.29 is 13.9 Å². The monoisotopic (exact) mass is 312 g/mol. The molecular formula is C15H11Cl2FO2. The Labute approximate surface area is 126 Å². The van der Waals surface area contributed by atoms with E-state index < -0.39 is 0 Å². The molecule has 0 unspecified atom stereocenters. The maximum Gasteiger partial charge on any atom is 0.168 e. The normalized spacial score (nSPS) is 10.4. The lowest BCUT2D eigenvalue weighted by Crippen LogP contribution is -2.05. The first-order chi connectivity index (χ1) is 9.52. The van der Waals surface area contributed by atoms with Crippen molar-refractivity contribution in [3.8, 4) is 5.75 Å². The summed E-state index contributed by atoms with van der Waals surface area (Å²) >= 11 is 12.1. The Kier molecular flexibility index (Phi) is 4.63. The van der Waals surface area contributed by atoms with Crippen molar-refractivity contribution in [2.24, 2.45) is 0 Å². The summed E-state index contributed by atoms with van der Waals surface area (Å²) in [6.45, 7) is 0. The number of hydrogen-bond donors (Lipinski definition) is 0. The number of ether oxygens (including phenoxy) is 1. The van der Waals surface area contributed by atoms with Gasteiger partial charge in [-0.05, 0) is 29.8 Å². The van der Waals surface area contributed by atoms with E-state index in [0.29, 0.717) is 16.9 Å². The standard InChI is InChI=1S/C15H11Cl2FO2/c1-20-13-7-6-11(14(16)15(13)17)12(19)8-9-2-4-10(18)5-3-9/h2-7H,8H2,1H3. The number of carbonyl (C=O) groups is 1. The first kappa shape index (κ1) is 14.8. The van der Waals surface area contributed by atoms with E-state index in [4.69, 9.17) is 27.9 Å². The molecule has 0 aliphatic rings. The molecule has 2 nitrogen and oxygen atoms in total. The number of benzene rings is 2. The Morgan fingerprint density at radius 3 is 2.35 bits per heavy atom. The molecule has 0 radical (unpaired) electrons. The highest BCUT2D eigenvalue weighted by molar-refractivity contribution is 6.44. The molecular weight excluding hydrogens is 302 g/mol. The number of halogens is 3. The summed E-state index contributed by atoms with van der Waals surface area (Å²) in [7, 11) is 1.47. The molecule has 2 aromatic rings. The highest BCUT2D eigenvalue weighted by Gasteiger charge is 2.16. The molecule has 0 atom stereocenters. The van der Waals surface area contributed by atoms with Crippen LogP contribution in [0.5, 0.6) is 5.75 Å². The molecule has 0 saturated heterocycles. The Morgan fingerprint density at radius 2 is 1.75 bits per heavy atom. The molecule has 0 aliphatic carbocycles. The van der Waals surface area contributed by atoms with Crippen LogP contribution in [0.3, 0.4) is 0 Å². The molecule has 0 amide bonds. The van der Waals surface area contributed by atoms with Crippen LogP contribution in [0, 0.1) is 5.82 Å². The van der Waals surface area contributed by atoms with Crippen molar-refractivity contribution in [3.05, 3.63) is 63.4 Å². The third kappa shape index (κ3) is 3.11. The van der Waals surface area contributed by atoms with E-state index in [1.165, 1.54) is 19.2 Å². The fraction of sp³-hybridized carbons (Fsp3) is 0.133. The van der Waals surface area contributed by atoms with Crippen LogP contribution in [0.4, 0.5) is 4.39 Å². The van der Waals surface area contributed by atoms with E-state index in [1.807, 2.05) is 0 Å². The minimum Gasteiger partial charge on any atom is -0.495 e. The van der Waals surface area contributed by atoms with Crippen LogP contribution in [-0.4, -0.2) is 12.9 Å². The second-order valence-electron chi connectivity index (χ2n) is 4.17. The number of hydrogen-bond acceptors (Lipinski definition) is 2. The summed E-state index contributed by atoms with van der Waals surface area (Å²) in [4.78, 5) is 12.2. The maximum atomic E-state index is 12.8. The number of methoxy groups -OCH3 is 1. The highest BCUT2D eigenvalue weighted by Crippen LogP contribution is 2.34. The van der Waals surface area contributed by atoms with Gasteiger partial charge in [0.15, 0.2) is 5.78 Å². The molecule has 0 aliphatic heterocycles. The van der Waals surface area contributed by atoms with Crippen molar-refractivity contribution in [3.63, 3.8) is 0 Å². The number of ketones is 1. The van der Waals surface area contributed by atoms with E-state index in [0.717, 1.165) is 0 Å². The zero-order chi connectivity index (χ0) is 14.7. The lowest BCUT2D eigenvalue weighted by molar-refractivity contribution is 0.0993. The molecule has 0 fully saturated rings. The summed E-state index contributed by atoms with van der Waals surface area (Å²) in [5.41, 5.74) is 1.03. The zero-order valence-corrected chi connectivity index (χ0v) is 12.1. The Bertz CT molecular complexity index is 639. The Balaban J connectivity index is 2.25. The highest BCUT2D eigenvalue weighted by atomic mass is 35.5. The lowest BCUT2D eigenvalue weighted by atomic mass is 10.0. The minimum atomic E-state index is -0.341. The Hall–Kier alpha value is -1.58. The quantitative estimate of drug-likeness (QED) is 0.773. The van der Waals surface area contributed by atoms with Crippen molar-refractivity contribution in [2.45, 2.75) is 6.42 Å². The van der Waals surface area contributed by atoms with Crippen LogP contribution in [0.15, 0.2) is 36.4 Å². The molecule has 0 aromatic heterocycles. The fourth-order valence-corrected chi connectivity index (χ4v) is 2.29. The molecule has 20 heavy (non-hydrogen) atoms. The van der Waals surface area contributed by atoms with Crippen LogP contribution in [0.2, 0.25) is 10.0 Å². The average Bonchev–Trinajstić information content (AvgIpc) is 2.44. The third-order valence-corrected chi connectivity index (χ3v) is 3.71. The van der Waals surface area contributed by atoms with Gasteiger partial charge in [-0.3, -0.25) is 4.79 Å². The molecule has 0 spiro atoms. The molecule has 2 rings (SSSR count). The lowest BCUT2D eigenvalue weighted by Gasteiger charge is -2.09. The zero-order valence-electron chi connectivity index (χ0n) is 10.6. The molecule has 0 bridgehead atoms. The fourth-order valence-electron chi connectivity index (χ4n) is 1.79. The van der Waals surface area contributed by atoms with Gasteiger partial charge in [-0.25, -0.2) is 4.39 Å². The van der Waals surface area contributed by atoms with Gasteiger partial charge in [0.1, 0.15) is 16.6 Å². The Morgan fingerprint density at radius 1 is 1.10 bits per heavy atom. The van der Waals surface area contributed by atoms with Gasteiger partial charge in [0.25, 0.3) is 0 Å². The van der Waals surface area contributed by atoms with Gasteiger partial charge in [0.2, 0.25) is 0 Å². The van der Waals surface area contributed by atoms with Crippen LogP contribution in [0.1, 0.15) is 15.9 Å². The van der Waals surface area contributed by atoms with Crippen LogP contribution in [0.25, 0.3) is 0 Å². The van der Waals surface area contributed by atoms with Crippen LogP contribution >= 0.6 is 23.2 Å². The van der Waals surface area contributed by atoms with Crippen LogP contribution < -0.4 is 4.74 Å². The first-order valence-electron chi connectivity index (χ1n) is 5.82. The second-order valence-corrected chi connectivity index (χ2v) is 4.93. The van der Waals surface area contributed by atoms with Gasteiger partial charge in [-0.15, -0.1) is 0 Å². The molecule has 0 saturated carbocycles. The van der Waals surface area contributed by atoms with E-state index in [2.05, 4.69) is 0 Å². The molecule has 0 N–H and O–H groups in total. The summed E-state index contributed by atoms with van der Waals surface area (Å²) < 4.78 is 17.8. The molecule has 0 heterocycles. The maximum absolute atomic E-state index is 12.8. The van der Waals surface area contributed by atoms with E-state index in [-0.39, 0.29) is 28.1 Å². The average molecular weight is 313 g/mol. The summed E-state index contributed by atoms with van der Waals surface area (Å²) in [5, 5.41) is 0.372. The predicted molar refractivity (Wildman–Crippen MR) is 77.4 cm³/mol. The SMILES string of the molecule is COc1ccc(C(=O)Cc2ccc(F)cc2)c(Cl)c1Cl. The third-order valence-electron chi connectivity index (χ3n) is 2.85. The summed E-state index contributed by atoms with van der Waals surface area (Å²) in [6.07, 6.45) is 0.128. The molecule has 104 valence electrons. The van der Waals surface area contributed by atoms with E-state index >= 15 is 0 Å². The van der Waals surface area contributed by atoms with Gasteiger partial charge in [0, 0.05) is 12.0 Å².